The van der Waals surface area contributed by atoms with Crippen LogP contribution in [0.5, 0.6) is 11.5 Å². The largest absolute Gasteiger partial charge is 0.435 e. The van der Waals surface area contributed by atoms with Crippen molar-refractivity contribution in [1.82, 2.24) is 0 Å². The summed E-state index contributed by atoms with van der Waals surface area (Å²) in [4.78, 5) is 0. The molecule has 0 aromatic heterocycles. The van der Waals surface area contributed by atoms with Crippen LogP contribution in [0.25, 0.3) is 0 Å². The highest BCUT2D eigenvalue weighted by Crippen LogP contribution is 2.49. The molecule has 1 aromatic carbocycles. The van der Waals surface area contributed by atoms with Crippen LogP contribution in [0.1, 0.15) is 5.56 Å². The molecular weight excluding hydrogens is 249 g/mol. The van der Waals surface area contributed by atoms with E-state index in [0.717, 1.165) is 5.56 Å². The average Bonchev–Trinajstić information content (AvgIpc) is 2.07. The van der Waals surface area contributed by atoms with Gasteiger partial charge in [-0.15, -0.1) is 0 Å². The molecule has 0 radical (unpaired) electrons. The lowest BCUT2D eigenvalue weighted by molar-refractivity contribution is -0.180. The Morgan fingerprint density at radius 1 is 1.07 bits per heavy atom. The summed E-state index contributed by atoms with van der Waals surface area (Å²) >= 11 is 10.2. The van der Waals surface area contributed by atoms with E-state index in [0.29, 0.717) is 0 Å². The lowest BCUT2D eigenvalue weighted by Gasteiger charge is -2.34. The molecule has 0 saturated heterocycles. The van der Waals surface area contributed by atoms with Gasteiger partial charge in [0, 0.05) is 0 Å². The smallest absolute Gasteiger partial charge is 0.414 e. The highest BCUT2D eigenvalue weighted by molar-refractivity contribution is 6.32. The minimum atomic E-state index is -3.24. The van der Waals surface area contributed by atoms with Crippen LogP contribution in [-0.2, 0) is 0 Å². The lowest BCUT2D eigenvalue weighted by atomic mass is 10.2. The van der Waals surface area contributed by atoms with Crippen LogP contribution < -0.4 is 9.47 Å². The number of rotatable bonds is 0. The molecule has 2 atom stereocenters. The van der Waals surface area contributed by atoms with Crippen LogP contribution in [0, 0.1) is 6.92 Å². The highest BCUT2D eigenvalue weighted by atomic mass is 35.5. The molecule has 0 N–H and O–H groups in total. The maximum Gasteiger partial charge on any atom is 0.414 e. The second-order valence-electron chi connectivity index (χ2n) is 3.19. The van der Waals surface area contributed by atoms with Crippen molar-refractivity contribution >= 4 is 23.2 Å². The summed E-state index contributed by atoms with van der Waals surface area (Å²) in [5.74, 6) is 0.0217. The first-order valence-corrected chi connectivity index (χ1v) is 4.82. The van der Waals surface area contributed by atoms with Crippen LogP contribution in [-0.4, -0.2) is 10.6 Å². The first-order chi connectivity index (χ1) is 6.82. The van der Waals surface area contributed by atoms with Gasteiger partial charge in [0.15, 0.2) is 11.5 Å². The predicted octanol–water partition coefficient (Wildman–Crippen LogP) is 3.49. The third-order valence-electron chi connectivity index (χ3n) is 1.91. The number of hydrogen-bond donors (Lipinski definition) is 0. The zero-order valence-electron chi connectivity index (χ0n) is 7.56. The number of ether oxygens (including phenoxy) is 2. The van der Waals surface area contributed by atoms with Crippen LogP contribution in [0.15, 0.2) is 18.2 Å². The fourth-order valence-corrected chi connectivity index (χ4v) is 1.42. The van der Waals surface area contributed by atoms with E-state index >= 15 is 0 Å². The Bertz CT molecular complexity index is 407. The molecule has 0 aliphatic carbocycles. The highest BCUT2D eigenvalue weighted by Gasteiger charge is 2.60. The third kappa shape index (κ3) is 1.72. The second kappa shape index (κ2) is 3.12. The zero-order valence-corrected chi connectivity index (χ0v) is 9.07. The molecule has 0 fully saturated rings. The molecule has 82 valence electrons. The molecule has 2 unspecified atom stereocenters. The lowest BCUT2D eigenvalue weighted by Crippen LogP contribution is -2.50. The first-order valence-electron chi connectivity index (χ1n) is 4.06. The van der Waals surface area contributed by atoms with Crippen molar-refractivity contribution in [2.45, 2.75) is 17.6 Å². The standard InChI is InChI=1S/C9H6Cl2F2O2/c1-5-2-3-6-7(4-5)15-9(11,13)8(10,12)14-6/h2-4H,1H3. The maximum absolute atomic E-state index is 13.4. The average molecular weight is 255 g/mol. The third-order valence-corrected chi connectivity index (χ3v) is 2.65. The van der Waals surface area contributed by atoms with Gasteiger partial charge in [-0.3, -0.25) is 0 Å². The Kier molecular flexibility index (Phi) is 2.24. The minimum Gasteiger partial charge on any atom is -0.435 e. The summed E-state index contributed by atoms with van der Waals surface area (Å²) in [6.07, 6.45) is 0. The summed E-state index contributed by atoms with van der Waals surface area (Å²) in [6.45, 7) is 1.76. The molecule has 2 rings (SSSR count). The normalized spacial score (nSPS) is 33.9. The van der Waals surface area contributed by atoms with Crippen molar-refractivity contribution in [1.29, 1.82) is 0 Å². The molecule has 0 amide bonds. The molecule has 1 aliphatic heterocycles. The Morgan fingerprint density at radius 2 is 1.60 bits per heavy atom. The number of hydrogen-bond acceptors (Lipinski definition) is 2. The van der Waals surface area contributed by atoms with Crippen LogP contribution in [0.2, 0.25) is 0 Å². The molecule has 15 heavy (non-hydrogen) atoms. The summed E-state index contributed by atoms with van der Waals surface area (Å²) in [7, 11) is 0. The van der Waals surface area contributed by atoms with Gasteiger partial charge in [-0.25, -0.2) is 0 Å². The van der Waals surface area contributed by atoms with Gasteiger partial charge >= 0.3 is 10.6 Å². The van der Waals surface area contributed by atoms with Crippen molar-refractivity contribution < 1.29 is 18.3 Å². The van der Waals surface area contributed by atoms with Gasteiger partial charge in [-0.2, -0.15) is 8.78 Å². The van der Waals surface area contributed by atoms with Gasteiger partial charge in [-0.05, 0) is 47.8 Å². The summed E-state index contributed by atoms with van der Waals surface area (Å²) in [5.41, 5.74) is 0.797. The number of alkyl halides is 4. The van der Waals surface area contributed by atoms with Crippen molar-refractivity contribution in [2.24, 2.45) is 0 Å². The first kappa shape index (κ1) is 10.8. The Balaban J connectivity index is 2.47. The maximum atomic E-state index is 13.4. The van der Waals surface area contributed by atoms with Crippen molar-refractivity contribution in [3.63, 3.8) is 0 Å². The number of aryl methyl sites for hydroxylation is 1. The van der Waals surface area contributed by atoms with E-state index in [1.54, 1.807) is 13.0 Å². The molecule has 0 spiro atoms. The van der Waals surface area contributed by atoms with Gasteiger partial charge in [-0.1, -0.05) is 6.07 Å². The van der Waals surface area contributed by atoms with Gasteiger partial charge in [0.2, 0.25) is 0 Å². The Morgan fingerprint density at radius 3 is 2.20 bits per heavy atom. The van der Waals surface area contributed by atoms with Crippen molar-refractivity contribution in [3.05, 3.63) is 23.8 Å². The Hall–Kier alpha value is -0.740. The van der Waals surface area contributed by atoms with E-state index in [1.807, 2.05) is 0 Å². The van der Waals surface area contributed by atoms with E-state index in [-0.39, 0.29) is 11.5 Å². The van der Waals surface area contributed by atoms with Gasteiger partial charge in [0.05, 0.1) is 0 Å². The SMILES string of the molecule is Cc1ccc2c(c1)OC(F)(Cl)C(F)(Cl)O2. The van der Waals surface area contributed by atoms with E-state index < -0.39 is 10.6 Å². The van der Waals surface area contributed by atoms with E-state index in [2.05, 4.69) is 9.47 Å². The van der Waals surface area contributed by atoms with Crippen LogP contribution in [0.4, 0.5) is 8.78 Å². The fraction of sp³-hybridized carbons (Fsp3) is 0.333. The van der Waals surface area contributed by atoms with Gasteiger partial charge < -0.3 is 9.47 Å². The van der Waals surface area contributed by atoms with Crippen LogP contribution >= 0.6 is 23.2 Å². The quantitative estimate of drug-likeness (QED) is 0.660. The molecular formula is C9H6Cl2F2O2. The number of benzene rings is 1. The van der Waals surface area contributed by atoms with Crippen molar-refractivity contribution in [3.8, 4) is 11.5 Å². The number of halogens is 4. The molecule has 0 saturated carbocycles. The second-order valence-corrected chi connectivity index (χ2v) is 4.16. The number of fused-ring (bicyclic) bond motifs is 1. The van der Waals surface area contributed by atoms with Crippen LogP contribution in [0.3, 0.4) is 0 Å². The molecule has 1 aromatic rings. The predicted molar refractivity (Wildman–Crippen MR) is 51.8 cm³/mol. The van der Waals surface area contributed by atoms with Gasteiger partial charge in [0.25, 0.3) is 0 Å². The zero-order chi connectivity index (χ0) is 11.3. The molecule has 1 aliphatic rings. The summed E-state index contributed by atoms with van der Waals surface area (Å²) in [6, 6.07) is 4.54. The fourth-order valence-electron chi connectivity index (χ4n) is 1.17. The molecule has 6 heteroatoms. The van der Waals surface area contributed by atoms with E-state index in [9.17, 15) is 8.78 Å². The van der Waals surface area contributed by atoms with E-state index in [1.165, 1.54) is 12.1 Å². The summed E-state index contributed by atoms with van der Waals surface area (Å²) in [5, 5.41) is -6.48. The van der Waals surface area contributed by atoms with E-state index in [4.69, 9.17) is 23.2 Å². The van der Waals surface area contributed by atoms with Gasteiger partial charge in [0.1, 0.15) is 0 Å². The molecule has 2 nitrogen and oxygen atoms in total. The molecule has 1 heterocycles. The summed E-state index contributed by atoms with van der Waals surface area (Å²) < 4.78 is 35.8. The Labute approximate surface area is 94.7 Å². The van der Waals surface area contributed by atoms with Crippen molar-refractivity contribution in [2.75, 3.05) is 0 Å². The minimum absolute atomic E-state index is 0.00650. The molecule has 0 bridgehead atoms. The topological polar surface area (TPSA) is 18.5 Å². The monoisotopic (exact) mass is 254 g/mol.